The Labute approximate surface area is 94.8 Å². The van der Waals surface area contributed by atoms with Crippen molar-refractivity contribution in [1.29, 1.82) is 0 Å². The van der Waals surface area contributed by atoms with E-state index in [0.717, 1.165) is 42.9 Å². The third-order valence-corrected chi connectivity index (χ3v) is 3.24. The van der Waals surface area contributed by atoms with E-state index in [1.54, 1.807) is 0 Å². The van der Waals surface area contributed by atoms with E-state index in [1.165, 1.54) is 0 Å². The summed E-state index contributed by atoms with van der Waals surface area (Å²) in [6.45, 7) is 1.85. The van der Waals surface area contributed by atoms with E-state index in [9.17, 15) is 4.79 Å². The molecule has 1 aliphatic rings. The summed E-state index contributed by atoms with van der Waals surface area (Å²) in [5.41, 5.74) is 1.09. The predicted octanol–water partition coefficient (Wildman–Crippen LogP) is 2.76. The smallest absolute Gasteiger partial charge is 0.123 e. The molecule has 1 saturated heterocycles. The van der Waals surface area contributed by atoms with Crippen molar-refractivity contribution in [1.82, 2.24) is 0 Å². The first kappa shape index (κ1) is 10.5. The van der Waals surface area contributed by atoms with Gasteiger partial charge in [0.05, 0.1) is 10.7 Å². The summed E-state index contributed by atoms with van der Waals surface area (Å²) in [7, 11) is 0. The topological polar surface area (TPSA) is 20.3 Å². The number of carbonyl (C=O) groups excluding carboxylic acids is 1. The lowest BCUT2D eigenvalue weighted by atomic mass is 9.98. The molecule has 3 heteroatoms. The Morgan fingerprint density at radius 2 is 1.93 bits per heavy atom. The predicted molar refractivity (Wildman–Crippen MR) is 62.5 cm³/mol. The van der Waals surface area contributed by atoms with Crippen molar-refractivity contribution < 1.29 is 4.79 Å². The molecule has 0 bridgehead atoms. The maximum Gasteiger partial charge on any atom is 0.123 e. The van der Waals surface area contributed by atoms with Crippen molar-refractivity contribution >= 4 is 23.6 Å². The van der Waals surface area contributed by atoms with E-state index in [1.807, 2.05) is 24.3 Å². The van der Waals surface area contributed by atoms with Crippen LogP contribution in [0.4, 0.5) is 5.69 Å². The number of para-hydroxylation sites is 1. The number of nitrogens with zero attached hydrogens (tertiary/aromatic N) is 1. The van der Waals surface area contributed by atoms with Gasteiger partial charge in [0.2, 0.25) is 0 Å². The molecule has 1 fully saturated rings. The molecular weight excluding hydrogens is 210 g/mol. The SMILES string of the molecule is O=CC1CCN(c2ccccc2Cl)CC1. The number of benzene rings is 1. The Hall–Kier alpha value is -1.02. The highest BCUT2D eigenvalue weighted by molar-refractivity contribution is 6.33. The number of carbonyl (C=O) groups is 1. The first-order chi connectivity index (χ1) is 7.31. The molecule has 0 aliphatic carbocycles. The highest BCUT2D eigenvalue weighted by atomic mass is 35.5. The summed E-state index contributed by atoms with van der Waals surface area (Å²) >= 11 is 6.12. The monoisotopic (exact) mass is 223 g/mol. The molecule has 0 amide bonds. The molecule has 1 aromatic rings. The fraction of sp³-hybridized carbons (Fsp3) is 0.417. The van der Waals surface area contributed by atoms with Crippen LogP contribution in [0, 0.1) is 5.92 Å². The van der Waals surface area contributed by atoms with Crippen molar-refractivity contribution in [2.24, 2.45) is 5.92 Å². The van der Waals surface area contributed by atoms with Gasteiger partial charge in [0.15, 0.2) is 0 Å². The largest absolute Gasteiger partial charge is 0.370 e. The molecular formula is C12H14ClNO. The lowest BCUT2D eigenvalue weighted by Crippen LogP contribution is -2.34. The quantitative estimate of drug-likeness (QED) is 0.719. The van der Waals surface area contributed by atoms with Crippen LogP contribution in [-0.2, 0) is 4.79 Å². The molecule has 0 N–H and O–H groups in total. The summed E-state index contributed by atoms with van der Waals surface area (Å²) in [6.07, 6.45) is 2.95. The second-order valence-corrected chi connectivity index (χ2v) is 4.32. The van der Waals surface area contributed by atoms with Crippen molar-refractivity contribution in [2.75, 3.05) is 18.0 Å². The third kappa shape index (κ3) is 2.32. The van der Waals surface area contributed by atoms with Gasteiger partial charge in [-0.3, -0.25) is 0 Å². The fourth-order valence-corrected chi connectivity index (χ4v) is 2.24. The van der Waals surface area contributed by atoms with Crippen LogP contribution in [0.25, 0.3) is 0 Å². The molecule has 0 atom stereocenters. The first-order valence-corrected chi connectivity index (χ1v) is 5.64. The number of halogens is 1. The van der Waals surface area contributed by atoms with Gasteiger partial charge in [-0.15, -0.1) is 0 Å². The van der Waals surface area contributed by atoms with Crippen LogP contribution in [0.1, 0.15) is 12.8 Å². The van der Waals surface area contributed by atoms with E-state index in [0.29, 0.717) is 0 Å². The maximum atomic E-state index is 10.6. The number of anilines is 1. The highest BCUT2D eigenvalue weighted by Crippen LogP contribution is 2.28. The highest BCUT2D eigenvalue weighted by Gasteiger charge is 2.19. The summed E-state index contributed by atoms with van der Waals surface area (Å²) < 4.78 is 0. The van der Waals surface area contributed by atoms with E-state index < -0.39 is 0 Å². The van der Waals surface area contributed by atoms with Crippen LogP contribution in [-0.4, -0.2) is 19.4 Å². The molecule has 80 valence electrons. The summed E-state index contributed by atoms with van der Waals surface area (Å²) in [5.74, 6) is 0.240. The van der Waals surface area contributed by atoms with Gasteiger partial charge in [-0.25, -0.2) is 0 Å². The summed E-state index contributed by atoms with van der Waals surface area (Å²) in [4.78, 5) is 12.9. The second-order valence-electron chi connectivity index (χ2n) is 3.91. The number of hydrogen-bond acceptors (Lipinski definition) is 2. The van der Waals surface area contributed by atoms with Crippen LogP contribution in [0.5, 0.6) is 0 Å². The van der Waals surface area contributed by atoms with Crippen LogP contribution in [0.3, 0.4) is 0 Å². The molecule has 0 radical (unpaired) electrons. The average molecular weight is 224 g/mol. The standard InChI is InChI=1S/C12H14ClNO/c13-11-3-1-2-4-12(11)14-7-5-10(9-15)6-8-14/h1-4,9-10H,5-8H2. The van der Waals surface area contributed by atoms with Crippen molar-refractivity contribution in [3.8, 4) is 0 Å². The van der Waals surface area contributed by atoms with Crippen molar-refractivity contribution in [3.63, 3.8) is 0 Å². The zero-order valence-corrected chi connectivity index (χ0v) is 9.28. The Bertz CT molecular complexity index is 345. The molecule has 0 saturated carbocycles. The maximum absolute atomic E-state index is 10.6. The van der Waals surface area contributed by atoms with E-state index >= 15 is 0 Å². The average Bonchev–Trinajstić information content (AvgIpc) is 2.30. The molecule has 0 spiro atoms. The second kappa shape index (κ2) is 4.67. The zero-order chi connectivity index (χ0) is 10.7. The minimum absolute atomic E-state index is 0.240. The van der Waals surface area contributed by atoms with E-state index in [-0.39, 0.29) is 5.92 Å². The molecule has 15 heavy (non-hydrogen) atoms. The van der Waals surface area contributed by atoms with Gasteiger partial charge in [-0.2, -0.15) is 0 Å². The van der Waals surface area contributed by atoms with Gasteiger partial charge in [0.1, 0.15) is 6.29 Å². The number of rotatable bonds is 2. The minimum Gasteiger partial charge on any atom is -0.370 e. The zero-order valence-electron chi connectivity index (χ0n) is 8.53. The third-order valence-electron chi connectivity index (χ3n) is 2.93. The Morgan fingerprint density at radius 1 is 1.27 bits per heavy atom. The minimum atomic E-state index is 0.240. The molecule has 1 heterocycles. The fourth-order valence-electron chi connectivity index (χ4n) is 1.98. The van der Waals surface area contributed by atoms with Gasteiger partial charge in [0, 0.05) is 19.0 Å². The Balaban J connectivity index is 2.07. The molecule has 2 nitrogen and oxygen atoms in total. The normalized spacial score (nSPS) is 17.8. The van der Waals surface area contributed by atoms with Gasteiger partial charge in [-0.05, 0) is 25.0 Å². The van der Waals surface area contributed by atoms with Gasteiger partial charge >= 0.3 is 0 Å². The van der Waals surface area contributed by atoms with Gasteiger partial charge < -0.3 is 9.69 Å². The number of aldehydes is 1. The lowest BCUT2D eigenvalue weighted by Gasteiger charge is -2.32. The van der Waals surface area contributed by atoms with Crippen molar-refractivity contribution in [3.05, 3.63) is 29.3 Å². The number of hydrogen-bond donors (Lipinski definition) is 0. The summed E-state index contributed by atoms with van der Waals surface area (Å²) in [5, 5.41) is 0.794. The molecule has 0 aromatic heterocycles. The van der Waals surface area contributed by atoms with Crippen LogP contribution >= 0.6 is 11.6 Å². The summed E-state index contributed by atoms with van der Waals surface area (Å²) in [6, 6.07) is 7.86. The molecule has 1 aromatic carbocycles. The van der Waals surface area contributed by atoms with Crippen LogP contribution in [0.2, 0.25) is 5.02 Å². The Morgan fingerprint density at radius 3 is 2.53 bits per heavy atom. The van der Waals surface area contributed by atoms with Crippen LogP contribution < -0.4 is 4.90 Å². The lowest BCUT2D eigenvalue weighted by molar-refractivity contribution is -0.111. The van der Waals surface area contributed by atoms with E-state index in [4.69, 9.17) is 11.6 Å². The van der Waals surface area contributed by atoms with Crippen molar-refractivity contribution in [2.45, 2.75) is 12.8 Å². The van der Waals surface area contributed by atoms with Crippen LogP contribution in [0.15, 0.2) is 24.3 Å². The Kier molecular flexibility index (Phi) is 3.27. The van der Waals surface area contributed by atoms with Gasteiger partial charge in [0.25, 0.3) is 0 Å². The van der Waals surface area contributed by atoms with Gasteiger partial charge in [-0.1, -0.05) is 23.7 Å². The number of piperidine rings is 1. The van der Waals surface area contributed by atoms with E-state index in [2.05, 4.69) is 4.90 Å². The first-order valence-electron chi connectivity index (χ1n) is 5.26. The molecule has 1 aliphatic heterocycles. The molecule has 2 rings (SSSR count). The molecule has 0 unspecified atom stereocenters.